The summed E-state index contributed by atoms with van der Waals surface area (Å²) in [4.78, 5) is 0. The van der Waals surface area contributed by atoms with Gasteiger partial charge in [-0.1, -0.05) is 161 Å². The summed E-state index contributed by atoms with van der Waals surface area (Å²) in [6.45, 7) is 20.5. The van der Waals surface area contributed by atoms with Crippen molar-refractivity contribution in [2.24, 2.45) is 0 Å². The highest BCUT2D eigenvalue weighted by Gasteiger charge is 2.38. The molecule has 0 N–H and O–H groups in total. The summed E-state index contributed by atoms with van der Waals surface area (Å²) in [6, 6.07) is 54.9. The fourth-order valence-corrected chi connectivity index (χ4v) is 11.2. The summed E-state index contributed by atoms with van der Waals surface area (Å²) >= 11 is 1.85. The first-order valence-corrected chi connectivity index (χ1v) is 21.4. The Bertz CT molecular complexity index is 3450. The Kier molecular flexibility index (Phi) is 8.14. The molecule has 2 heteroatoms. The van der Waals surface area contributed by atoms with E-state index in [1.54, 1.807) is 0 Å². The van der Waals surface area contributed by atoms with Crippen LogP contribution in [-0.4, -0.2) is 0 Å². The van der Waals surface area contributed by atoms with Gasteiger partial charge in [-0.3, -0.25) is 0 Å². The van der Waals surface area contributed by atoms with Crippen molar-refractivity contribution in [2.45, 2.75) is 26.2 Å². The summed E-state index contributed by atoms with van der Waals surface area (Å²) in [5, 5.41) is 8.55. The van der Waals surface area contributed by atoms with Crippen molar-refractivity contribution >= 4 is 81.2 Å². The third-order valence-electron chi connectivity index (χ3n) is 13.0. The number of benzene rings is 8. The van der Waals surface area contributed by atoms with Crippen molar-refractivity contribution < 1.29 is 4.42 Å². The van der Waals surface area contributed by atoms with Gasteiger partial charge < -0.3 is 4.42 Å². The molecule has 1 aliphatic carbocycles. The Morgan fingerprint density at radius 2 is 1.22 bits per heavy atom. The van der Waals surface area contributed by atoms with Crippen LogP contribution in [0.1, 0.15) is 41.9 Å². The average Bonchev–Trinajstić information content (AvgIpc) is 3.90. The Morgan fingerprint density at radius 3 is 1.93 bits per heavy atom. The molecule has 0 aliphatic heterocycles. The third-order valence-corrected chi connectivity index (χ3v) is 14.1. The van der Waals surface area contributed by atoms with Gasteiger partial charge in [0.2, 0.25) is 0 Å². The van der Waals surface area contributed by atoms with Gasteiger partial charge in [-0.25, -0.2) is 0 Å². The molecule has 1 aliphatic rings. The van der Waals surface area contributed by atoms with E-state index < -0.39 is 0 Å². The van der Waals surface area contributed by atoms with Gasteiger partial charge in [0.1, 0.15) is 11.3 Å². The van der Waals surface area contributed by atoms with Crippen LogP contribution in [0.5, 0.6) is 0 Å². The molecule has 8 aromatic carbocycles. The van der Waals surface area contributed by atoms with E-state index in [0.717, 1.165) is 50.1 Å². The molecule has 10 aromatic rings. The van der Waals surface area contributed by atoms with Crippen LogP contribution in [-0.2, 0) is 5.41 Å². The number of allylic oxidation sites excluding steroid dienone is 4. The maximum absolute atomic E-state index is 6.60. The minimum absolute atomic E-state index is 0.305. The molecule has 0 bridgehead atoms. The van der Waals surface area contributed by atoms with E-state index in [1.807, 2.05) is 17.4 Å². The van der Waals surface area contributed by atoms with Crippen LogP contribution in [0.2, 0.25) is 0 Å². The first-order chi connectivity index (χ1) is 29.2. The minimum atomic E-state index is -0.305. The zero-order valence-electron chi connectivity index (χ0n) is 34.0. The van der Waals surface area contributed by atoms with Gasteiger partial charge in [-0.05, 0) is 132 Å². The second-order valence-electron chi connectivity index (χ2n) is 16.6. The summed E-state index contributed by atoms with van der Waals surface area (Å²) in [5.74, 6) is 0.792. The fourth-order valence-electron chi connectivity index (χ4n) is 10.1. The van der Waals surface area contributed by atoms with E-state index in [1.165, 1.54) is 80.7 Å². The van der Waals surface area contributed by atoms with Gasteiger partial charge >= 0.3 is 0 Å². The molecule has 0 spiro atoms. The molecule has 1 nitrogen and oxygen atoms in total. The molecule has 0 fully saturated rings. The van der Waals surface area contributed by atoms with Crippen LogP contribution < -0.4 is 0 Å². The molecule has 286 valence electrons. The van der Waals surface area contributed by atoms with Crippen LogP contribution in [0.4, 0.5) is 0 Å². The maximum atomic E-state index is 6.60. The number of thiophene rings is 1. The van der Waals surface area contributed by atoms with Gasteiger partial charge in [-0.15, -0.1) is 11.3 Å². The second-order valence-corrected chi connectivity index (χ2v) is 17.7. The zero-order valence-corrected chi connectivity index (χ0v) is 34.8. The first kappa shape index (κ1) is 36.1. The summed E-state index contributed by atoms with van der Waals surface area (Å²) in [7, 11) is 0. The first-order valence-electron chi connectivity index (χ1n) is 20.6. The van der Waals surface area contributed by atoms with E-state index in [4.69, 9.17) is 17.6 Å². The standard InChI is InChI=1S/C58H42OS/c1-7-50-57(41-29-30-53-55(36(41)4)47-23-15-16-24-52(47)60-53)46-28-26-39(33-51(46)59-50)38-25-27-40-35(3)48(58(5,6)49(40)32-38)31-34(2)54-42-19-11-13-21-44(42)56(37-17-9-8-10-18-37)45-22-14-12-20-43(45)54/h7-33H,1-3H2,4-6H3/b48-31+. The average molecular weight is 787 g/mol. The number of furan rings is 1. The zero-order chi connectivity index (χ0) is 40.9. The molecule has 0 radical (unpaired) electrons. The predicted octanol–water partition coefficient (Wildman–Crippen LogP) is 17.0. The molecule has 0 amide bonds. The molecule has 11 rings (SSSR count). The lowest BCUT2D eigenvalue weighted by molar-refractivity contribution is 0.606. The summed E-state index contributed by atoms with van der Waals surface area (Å²) in [6.07, 6.45) is 4.14. The van der Waals surface area contributed by atoms with E-state index >= 15 is 0 Å². The Morgan fingerprint density at radius 1 is 0.600 bits per heavy atom. The Balaban J connectivity index is 0.985. The van der Waals surface area contributed by atoms with Crippen LogP contribution >= 0.6 is 11.3 Å². The summed E-state index contributed by atoms with van der Waals surface area (Å²) in [5.41, 5.74) is 15.6. The number of rotatable bonds is 6. The van der Waals surface area contributed by atoms with Gasteiger partial charge in [0, 0.05) is 36.5 Å². The van der Waals surface area contributed by atoms with Crippen molar-refractivity contribution in [1.82, 2.24) is 0 Å². The van der Waals surface area contributed by atoms with Crippen molar-refractivity contribution in [1.29, 1.82) is 0 Å². The van der Waals surface area contributed by atoms with Crippen molar-refractivity contribution in [3.8, 4) is 33.4 Å². The van der Waals surface area contributed by atoms with E-state index in [2.05, 4.69) is 185 Å². The lowest BCUT2D eigenvalue weighted by atomic mass is 9.79. The Labute approximate surface area is 354 Å². The molecule has 0 saturated carbocycles. The molecular weight excluding hydrogens is 745 g/mol. The van der Waals surface area contributed by atoms with E-state index in [-0.39, 0.29) is 5.41 Å². The SMILES string of the molecule is C=Cc1oc2cc(-c3ccc4c(c3)C(C)(C)/C(=C/C(=C)c3c5ccccc5c(-c5ccccc5)c5ccccc35)C4=C)ccc2c1-c1ccc2sc3ccccc3c2c1C. The number of hydrogen-bond acceptors (Lipinski definition) is 2. The third kappa shape index (κ3) is 5.31. The fraction of sp³-hybridized carbons (Fsp3) is 0.0690. The molecule has 0 atom stereocenters. The van der Waals surface area contributed by atoms with E-state index in [0.29, 0.717) is 0 Å². The Hall–Kier alpha value is -7.00. The smallest absolute Gasteiger partial charge is 0.136 e. The molecule has 2 heterocycles. The van der Waals surface area contributed by atoms with Gasteiger partial charge in [0.15, 0.2) is 0 Å². The van der Waals surface area contributed by atoms with E-state index in [9.17, 15) is 0 Å². The highest BCUT2D eigenvalue weighted by molar-refractivity contribution is 7.25. The van der Waals surface area contributed by atoms with Crippen molar-refractivity contribution in [3.05, 3.63) is 211 Å². The normalized spacial score (nSPS) is 14.2. The van der Waals surface area contributed by atoms with Crippen LogP contribution in [0.25, 0.3) is 103 Å². The van der Waals surface area contributed by atoms with Crippen LogP contribution in [0.3, 0.4) is 0 Å². The number of aryl methyl sites for hydroxylation is 1. The van der Waals surface area contributed by atoms with Crippen LogP contribution in [0, 0.1) is 6.92 Å². The van der Waals surface area contributed by atoms with Crippen LogP contribution in [0.15, 0.2) is 187 Å². The molecule has 60 heavy (non-hydrogen) atoms. The van der Waals surface area contributed by atoms with Gasteiger partial charge in [0.05, 0.1) is 0 Å². The highest BCUT2D eigenvalue weighted by Crippen LogP contribution is 2.52. The highest BCUT2D eigenvalue weighted by atomic mass is 32.1. The largest absolute Gasteiger partial charge is 0.456 e. The molecular formula is C58H42OS. The van der Waals surface area contributed by atoms with Gasteiger partial charge in [0.25, 0.3) is 0 Å². The monoisotopic (exact) mass is 786 g/mol. The van der Waals surface area contributed by atoms with Gasteiger partial charge in [-0.2, -0.15) is 0 Å². The summed E-state index contributed by atoms with van der Waals surface area (Å²) < 4.78 is 9.21. The van der Waals surface area contributed by atoms with Crippen molar-refractivity contribution in [2.75, 3.05) is 0 Å². The molecule has 0 unspecified atom stereocenters. The minimum Gasteiger partial charge on any atom is -0.456 e. The molecule has 2 aromatic heterocycles. The number of fused-ring (bicyclic) bond motifs is 7. The maximum Gasteiger partial charge on any atom is 0.136 e. The lowest BCUT2D eigenvalue weighted by Crippen LogP contribution is -2.15. The molecule has 0 saturated heterocycles. The number of hydrogen-bond donors (Lipinski definition) is 0. The lowest BCUT2D eigenvalue weighted by Gasteiger charge is -2.24. The quantitative estimate of drug-likeness (QED) is 0.153. The topological polar surface area (TPSA) is 13.1 Å². The second kappa shape index (κ2) is 13.5. The predicted molar refractivity (Wildman–Crippen MR) is 261 cm³/mol. The van der Waals surface area contributed by atoms with Crippen molar-refractivity contribution in [3.63, 3.8) is 0 Å².